The van der Waals surface area contributed by atoms with Crippen molar-refractivity contribution < 1.29 is 29.0 Å². The van der Waals surface area contributed by atoms with Crippen molar-refractivity contribution >= 4 is 34.8 Å². The second kappa shape index (κ2) is 13.2. The van der Waals surface area contributed by atoms with Crippen molar-refractivity contribution in [3.05, 3.63) is 65.9 Å². The molecule has 0 saturated carbocycles. The fourth-order valence-corrected chi connectivity index (χ4v) is 3.63. The van der Waals surface area contributed by atoms with Gasteiger partial charge >= 0.3 is 5.97 Å². The van der Waals surface area contributed by atoms with Crippen molar-refractivity contribution in [1.82, 2.24) is 21.2 Å². The van der Waals surface area contributed by atoms with Gasteiger partial charge in [-0.3, -0.25) is 19.2 Å². The minimum atomic E-state index is -0.904. The smallest absolute Gasteiger partial charge is 0.324 e. The van der Waals surface area contributed by atoms with Crippen LogP contribution in [0.15, 0.2) is 54.7 Å². The van der Waals surface area contributed by atoms with Crippen molar-refractivity contribution in [3.63, 3.8) is 0 Å². The molecule has 0 aliphatic rings. The van der Waals surface area contributed by atoms with Crippen LogP contribution in [-0.4, -0.2) is 59.3 Å². The second-order valence-electron chi connectivity index (χ2n) is 8.30. The summed E-state index contributed by atoms with van der Waals surface area (Å²) in [6.45, 7) is 1.72. The highest BCUT2D eigenvalue weighted by Crippen LogP contribution is 2.19. The highest BCUT2D eigenvalue weighted by molar-refractivity contribution is 6.26. The molecule has 2 aromatic carbocycles. The van der Waals surface area contributed by atoms with E-state index in [0.29, 0.717) is 6.42 Å². The summed E-state index contributed by atoms with van der Waals surface area (Å²) in [6.07, 6.45) is 3.10. The average molecular weight is 495 g/mol. The van der Waals surface area contributed by atoms with Crippen molar-refractivity contribution in [2.24, 2.45) is 0 Å². The number of hydrogen-bond donors (Lipinski definition) is 5. The van der Waals surface area contributed by atoms with Crippen LogP contribution in [0.4, 0.5) is 0 Å². The Balaban J connectivity index is 1.77. The molecule has 36 heavy (non-hydrogen) atoms. The van der Waals surface area contributed by atoms with E-state index in [2.05, 4.69) is 21.2 Å². The Kier molecular flexibility index (Phi) is 9.73. The third-order valence-electron chi connectivity index (χ3n) is 5.52. The number of Topliss-reactive ketones (excluding diaryl/α,β-unsaturated/α-hetero) is 1. The summed E-state index contributed by atoms with van der Waals surface area (Å²) in [6, 6.07) is 12.3. The number of phenols is 1. The molecule has 5 N–H and O–H groups in total. The van der Waals surface area contributed by atoms with E-state index >= 15 is 0 Å². The van der Waals surface area contributed by atoms with E-state index in [4.69, 9.17) is 4.74 Å². The number of para-hydroxylation sites is 1. The monoisotopic (exact) mass is 494 g/mol. The summed E-state index contributed by atoms with van der Waals surface area (Å²) in [5.41, 5.74) is 8.41. The quantitative estimate of drug-likeness (QED) is 0.0975. The van der Waals surface area contributed by atoms with Crippen LogP contribution in [0.25, 0.3) is 10.9 Å². The number of benzene rings is 2. The van der Waals surface area contributed by atoms with Crippen molar-refractivity contribution in [2.75, 3.05) is 13.2 Å². The number of carbonyl (C=O) groups excluding carboxylic acids is 4. The number of H-pyrrole nitrogens is 1. The van der Waals surface area contributed by atoms with Gasteiger partial charge in [0.1, 0.15) is 17.8 Å². The predicted octanol–water partition coefficient (Wildman–Crippen LogP) is 1.33. The number of esters is 1. The van der Waals surface area contributed by atoms with Crippen molar-refractivity contribution in [3.8, 4) is 5.75 Å². The number of aromatic hydroxyl groups is 1. The van der Waals surface area contributed by atoms with Gasteiger partial charge in [-0.1, -0.05) is 37.3 Å². The lowest BCUT2D eigenvalue weighted by Crippen LogP contribution is -2.57. The number of phenolic OH excluding ortho intramolecular Hbond substituents is 1. The van der Waals surface area contributed by atoms with Crippen molar-refractivity contribution in [2.45, 2.75) is 38.3 Å². The van der Waals surface area contributed by atoms with E-state index in [1.165, 1.54) is 12.1 Å². The maximum atomic E-state index is 12.8. The Labute approximate surface area is 208 Å². The molecule has 0 bridgehead atoms. The van der Waals surface area contributed by atoms with Crippen LogP contribution in [0.2, 0.25) is 0 Å². The molecule has 0 aliphatic carbocycles. The first-order chi connectivity index (χ1) is 17.4. The topological polar surface area (TPSA) is 150 Å². The largest absolute Gasteiger partial charge is 0.508 e. The molecule has 1 aromatic heterocycles. The van der Waals surface area contributed by atoms with Crippen LogP contribution in [0.3, 0.4) is 0 Å². The third-order valence-corrected chi connectivity index (χ3v) is 5.52. The SMILES string of the molecule is CCCOC(=O)[C@H](Cc1c[nH]c2ccccc12)NN[C@@H](Cc1ccc(O)cc1)C(=O)NCC(=O)C=O. The van der Waals surface area contributed by atoms with E-state index in [1.54, 1.807) is 12.1 Å². The summed E-state index contributed by atoms with van der Waals surface area (Å²) in [7, 11) is 0. The molecule has 190 valence electrons. The van der Waals surface area contributed by atoms with Crippen molar-refractivity contribution in [1.29, 1.82) is 0 Å². The fourth-order valence-electron chi connectivity index (χ4n) is 3.63. The number of aromatic nitrogens is 1. The summed E-state index contributed by atoms with van der Waals surface area (Å²) >= 11 is 0. The molecule has 3 rings (SSSR count). The molecule has 0 fully saturated rings. The Morgan fingerprint density at radius 1 is 1.03 bits per heavy atom. The number of aromatic amines is 1. The molecule has 0 saturated heterocycles. The van der Waals surface area contributed by atoms with Crippen LogP contribution in [0, 0.1) is 0 Å². The Morgan fingerprint density at radius 3 is 2.47 bits per heavy atom. The van der Waals surface area contributed by atoms with E-state index in [1.807, 2.05) is 37.4 Å². The van der Waals surface area contributed by atoms with Crippen LogP contribution >= 0.6 is 0 Å². The first kappa shape index (κ1) is 26.6. The van der Waals surface area contributed by atoms with Gasteiger partial charge in [0.15, 0.2) is 6.29 Å². The number of rotatable bonds is 14. The molecule has 10 heteroatoms. The Bertz CT molecular complexity index is 1190. The molecule has 3 aromatic rings. The number of ketones is 1. The number of amides is 1. The summed E-state index contributed by atoms with van der Waals surface area (Å²) in [5, 5.41) is 12.9. The van der Waals surface area contributed by atoms with E-state index in [-0.39, 0.29) is 31.5 Å². The summed E-state index contributed by atoms with van der Waals surface area (Å²) in [5.74, 6) is -1.70. The highest BCUT2D eigenvalue weighted by Gasteiger charge is 2.26. The molecule has 0 radical (unpaired) electrons. The molecular formula is C26H30N4O6. The van der Waals surface area contributed by atoms with Gasteiger partial charge in [-0.05, 0) is 42.2 Å². The number of hydrazine groups is 1. The molecule has 1 amide bonds. The Hall–Kier alpha value is -4.02. The molecule has 0 aliphatic heterocycles. The maximum absolute atomic E-state index is 12.8. The minimum absolute atomic E-state index is 0.0832. The lowest BCUT2D eigenvalue weighted by atomic mass is 10.0. The van der Waals surface area contributed by atoms with Gasteiger partial charge < -0.3 is 20.1 Å². The fraction of sp³-hybridized carbons (Fsp3) is 0.308. The lowest BCUT2D eigenvalue weighted by Gasteiger charge is -2.23. The van der Waals surface area contributed by atoms with E-state index in [0.717, 1.165) is 22.0 Å². The van der Waals surface area contributed by atoms with Crippen LogP contribution in [0.5, 0.6) is 5.75 Å². The normalized spacial score (nSPS) is 12.6. The molecule has 1 heterocycles. The highest BCUT2D eigenvalue weighted by atomic mass is 16.5. The average Bonchev–Trinajstić information content (AvgIpc) is 3.30. The standard InChI is InChI=1S/C26H30N4O6/c1-2-11-36-26(35)24(13-18-14-27-22-6-4-3-5-21(18)22)30-29-23(25(34)28-15-20(33)16-31)12-17-7-9-19(32)10-8-17/h3-10,14,16,23-24,27,29-30,32H,2,11-13,15H2,1H3,(H,28,34)/t23-,24-/m0/s1. The van der Waals surface area contributed by atoms with E-state index < -0.39 is 36.3 Å². The van der Waals surface area contributed by atoms with Gasteiger partial charge in [0.2, 0.25) is 11.7 Å². The predicted molar refractivity (Wildman–Crippen MR) is 133 cm³/mol. The number of nitrogens with one attached hydrogen (secondary N) is 4. The van der Waals surface area contributed by atoms with Gasteiger partial charge in [0, 0.05) is 23.5 Å². The molecular weight excluding hydrogens is 464 g/mol. The van der Waals surface area contributed by atoms with Gasteiger partial charge in [-0.25, -0.2) is 10.9 Å². The van der Waals surface area contributed by atoms with Gasteiger partial charge in [-0.15, -0.1) is 0 Å². The molecule has 10 nitrogen and oxygen atoms in total. The molecule has 0 unspecified atom stereocenters. The molecule has 0 spiro atoms. The summed E-state index contributed by atoms with van der Waals surface area (Å²) in [4.78, 5) is 50.9. The third kappa shape index (κ3) is 7.49. The lowest BCUT2D eigenvalue weighted by molar-refractivity contribution is -0.146. The van der Waals surface area contributed by atoms with Crippen LogP contribution in [0.1, 0.15) is 24.5 Å². The van der Waals surface area contributed by atoms with Crippen LogP contribution in [-0.2, 0) is 36.8 Å². The zero-order chi connectivity index (χ0) is 25.9. The van der Waals surface area contributed by atoms with Gasteiger partial charge in [0.05, 0.1) is 13.2 Å². The first-order valence-electron chi connectivity index (χ1n) is 11.7. The van der Waals surface area contributed by atoms with Crippen LogP contribution < -0.4 is 16.2 Å². The van der Waals surface area contributed by atoms with Gasteiger partial charge in [-0.2, -0.15) is 0 Å². The maximum Gasteiger partial charge on any atom is 0.324 e. The summed E-state index contributed by atoms with van der Waals surface area (Å²) < 4.78 is 5.37. The van der Waals surface area contributed by atoms with E-state index in [9.17, 15) is 24.3 Å². The minimum Gasteiger partial charge on any atom is -0.508 e. The number of fused-ring (bicyclic) bond motifs is 1. The van der Waals surface area contributed by atoms with Gasteiger partial charge in [0.25, 0.3) is 0 Å². The number of aldehydes is 1. The number of carbonyl (C=O) groups is 4. The second-order valence-corrected chi connectivity index (χ2v) is 8.30. The zero-order valence-corrected chi connectivity index (χ0v) is 20.0. The first-order valence-corrected chi connectivity index (χ1v) is 11.7. The Morgan fingerprint density at radius 2 is 1.75 bits per heavy atom. The zero-order valence-electron chi connectivity index (χ0n) is 20.0. The number of hydrogen-bond acceptors (Lipinski definition) is 8. The number of ether oxygens (including phenoxy) is 1. The molecule has 2 atom stereocenters.